The van der Waals surface area contributed by atoms with Crippen molar-refractivity contribution in [1.29, 1.82) is 0 Å². The Labute approximate surface area is 118 Å². The molecule has 0 aromatic carbocycles. The molecule has 0 fully saturated rings. The van der Waals surface area contributed by atoms with Crippen LogP contribution in [-0.2, 0) is 0 Å². The third-order valence-electron chi connectivity index (χ3n) is 0. The molecule has 0 radical (unpaired) electrons. The van der Waals surface area contributed by atoms with Gasteiger partial charge in [-0.15, -0.1) is 0 Å². The minimum Gasteiger partial charge on any atom is -0.450 e. The highest BCUT2D eigenvalue weighted by molar-refractivity contribution is 5.53. The minimum absolute atomic E-state index is 0.833. The molecule has 0 aliphatic rings. The van der Waals surface area contributed by atoms with Crippen LogP contribution in [0.15, 0.2) is 0 Å². The Morgan fingerprint density at radius 2 is 0.500 bits per heavy atom. The van der Waals surface area contributed by atoms with E-state index in [4.69, 9.17) is 45.0 Å². The van der Waals surface area contributed by atoms with Gasteiger partial charge in [-0.3, -0.25) is 0 Å². The second-order valence-corrected chi connectivity index (χ2v) is 4.31. The topological polar surface area (TPSA) is 173 Å². The maximum absolute atomic E-state index is 8.56. The molecule has 0 amide bonds. The van der Waals surface area contributed by atoms with E-state index in [1.807, 2.05) is 0 Å². The lowest BCUT2D eigenvalue weighted by Gasteiger charge is -1.79. The molecule has 20 heavy (non-hydrogen) atoms. The Morgan fingerprint density at radius 1 is 0.500 bits per heavy atom. The van der Waals surface area contributed by atoms with Crippen LogP contribution in [0.1, 0.15) is 41.5 Å². The number of rotatable bonds is 0. The van der Waals surface area contributed by atoms with Crippen molar-refractivity contribution in [3.05, 3.63) is 0 Å². The molecule has 0 aliphatic carbocycles. The summed E-state index contributed by atoms with van der Waals surface area (Å²) in [6.45, 7) is 13.0. The van der Waals surface area contributed by atoms with Crippen LogP contribution in [0.4, 0.5) is 14.4 Å². The van der Waals surface area contributed by atoms with E-state index < -0.39 is 18.5 Å². The molecule has 9 heteroatoms. The molecule has 0 spiro atoms. The first-order chi connectivity index (χ1) is 8.66. The molecule has 9 nitrogen and oxygen atoms in total. The van der Waals surface area contributed by atoms with Gasteiger partial charge in [-0.05, 0) is 11.8 Å². The average molecular weight is 302 g/mol. The second-order valence-electron chi connectivity index (χ2n) is 4.31. The third-order valence-corrected chi connectivity index (χ3v) is 0. The number of hydrogen-bond donors (Lipinski definition) is 6. The predicted molar refractivity (Wildman–Crippen MR) is 73.0 cm³/mol. The molecule has 0 saturated heterocycles. The molecule has 0 rings (SSSR count). The van der Waals surface area contributed by atoms with Crippen LogP contribution < -0.4 is 0 Å². The van der Waals surface area contributed by atoms with Crippen LogP contribution in [0.3, 0.4) is 0 Å². The Morgan fingerprint density at radius 3 is 0.500 bits per heavy atom. The fourth-order valence-corrected chi connectivity index (χ4v) is 0. The SMILES string of the molecule is CC(C)C.CC(C)C.O=C(O)O.O=C(O)O.O=C(O)O. The van der Waals surface area contributed by atoms with E-state index in [1.165, 1.54) is 0 Å². The molecule has 0 heterocycles. The van der Waals surface area contributed by atoms with Crippen LogP contribution in [-0.4, -0.2) is 49.1 Å². The standard InChI is InChI=1S/2C4H10.3CH2O3/c2*1-4(2)3;3*2-1(3)4/h2*4H,1-3H3;3*(H2,2,3,4). The molecule has 0 aromatic heterocycles. The van der Waals surface area contributed by atoms with Gasteiger partial charge in [-0.1, -0.05) is 41.5 Å². The molecule has 0 aromatic rings. The first kappa shape index (κ1) is 30.7. The Bertz CT molecular complexity index is 172. The molecule has 124 valence electrons. The van der Waals surface area contributed by atoms with Crippen LogP contribution >= 0.6 is 0 Å². The molecule has 0 bridgehead atoms. The van der Waals surface area contributed by atoms with Gasteiger partial charge >= 0.3 is 18.5 Å². The van der Waals surface area contributed by atoms with Crippen molar-refractivity contribution < 1.29 is 45.0 Å². The summed E-state index contributed by atoms with van der Waals surface area (Å²) in [5.74, 6) is 1.67. The summed E-state index contributed by atoms with van der Waals surface area (Å²) in [6.07, 6.45) is -5.50. The summed E-state index contributed by atoms with van der Waals surface area (Å²) in [4.78, 5) is 25.7. The van der Waals surface area contributed by atoms with Gasteiger partial charge in [0, 0.05) is 0 Å². The van der Waals surface area contributed by atoms with Gasteiger partial charge < -0.3 is 30.6 Å². The van der Waals surface area contributed by atoms with Crippen molar-refractivity contribution in [3.8, 4) is 0 Å². The van der Waals surface area contributed by atoms with Gasteiger partial charge in [0.1, 0.15) is 0 Å². The van der Waals surface area contributed by atoms with Crippen LogP contribution in [0.2, 0.25) is 0 Å². The molecule has 0 unspecified atom stereocenters. The average Bonchev–Trinajstić information content (AvgIpc) is 1.94. The van der Waals surface area contributed by atoms with Crippen molar-refractivity contribution in [2.75, 3.05) is 0 Å². The third kappa shape index (κ3) is 723. The van der Waals surface area contributed by atoms with Crippen LogP contribution in [0.25, 0.3) is 0 Å². The molecule has 6 N–H and O–H groups in total. The lowest BCUT2D eigenvalue weighted by atomic mass is 10.3. The summed E-state index contributed by atoms with van der Waals surface area (Å²) in [5, 5.41) is 41.8. The Hall–Kier alpha value is -2.19. The monoisotopic (exact) mass is 302 g/mol. The van der Waals surface area contributed by atoms with Gasteiger partial charge in [0.15, 0.2) is 0 Å². The quantitative estimate of drug-likeness (QED) is 0.386. The number of hydrogen-bond acceptors (Lipinski definition) is 3. The second kappa shape index (κ2) is 25.6. The van der Waals surface area contributed by atoms with E-state index in [9.17, 15) is 0 Å². The van der Waals surface area contributed by atoms with Crippen molar-refractivity contribution in [3.63, 3.8) is 0 Å². The zero-order chi connectivity index (χ0) is 17.9. The van der Waals surface area contributed by atoms with Gasteiger partial charge in [-0.2, -0.15) is 0 Å². The highest BCUT2D eigenvalue weighted by atomic mass is 16.6. The largest absolute Gasteiger partial charge is 0.503 e. The maximum atomic E-state index is 8.56. The fourth-order valence-electron chi connectivity index (χ4n) is 0. The zero-order valence-electron chi connectivity index (χ0n) is 12.6. The Balaban J connectivity index is -0.0000000469. The first-order valence-corrected chi connectivity index (χ1v) is 5.42. The first-order valence-electron chi connectivity index (χ1n) is 5.42. The summed E-state index contributed by atoms with van der Waals surface area (Å²) in [7, 11) is 0. The molecule has 0 saturated carbocycles. The smallest absolute Gasteiger partial charge is 0.450 e. The lowest BCUT2D eigenvalue weighted by Crippen LogP contribution is -1.81. The van der Waals surface area contributed by atoms with Crippen molar-refractivity contribution in [2.24, 2.45) is 11.8 Å². The summed E-state index contributed by atoms with van der Waals surface area (Å²) in [5.41, 5.74) is 0. The molecular formula is C11H26O9. The highest BCUT2D eigenvalue weighted by Crippen LogP contribution is 1.81. The zero-order valence-corrected chi connectivity index (χ0v) is 12.6. The van der Waals surface area contributed by atoms with Crippen LogP contribution in [0, 0.1) is 11.8 Å². The molecular weight excluding hydrogens is 276 g/mol. The Kier molecular flexibility index (Phi) is 39.3. The summed E-state index contributed by atoms with van der Waals surface area (Å²) in [6, 6.07) is 0. The summed E-state index contributed by atoms with van der Waals surface area (Å²) >= 11 is 0. The van der Waals surface area contributed by atoms with E-state index >= 15 is 0 Å². The lowest BCUT2D eigenvalue weighted by molar-refractivity contribution is 0.135. The minimum atomic E-state index is -1.83. The predicted octanol–water partition coefficient (Wildman–Crippen LogP) is 3.99. The van der Waals surface area contributed by atoms with Crippen molar-refractivity contribution in [1.82, 2.24) is 0 Å². The fraction of sp³-hybridized carbons (Fsp3) is 0.727. The van der Waals surface area contributed by atoms with Crippen LogP contribution in [0.5, 0.6) is 0 Å². The van der Waals surface area contributed by atoms with Gasteiger partial charge in [0.05, 0.1) is 0 Å². The van der Waals surface area contributed by atoms with Gasteiger partial charge in [-0.25, -0.2) is 14.4 Å². The van der Waals surface area contributed by atoms with Crippen molar-refractivity contribution in [2.45, 2.75) is 41.5 Å². The number of carboxylic acid groups (broad SMARTS) is 6. The maximum Gasteiger partial charge on any atom is 0.503 e. The number of carbonyl (C=O) groups is 3. The van der Waals surface area contributed by atoms with E-state index in [0.717, 1.165) is 11.8 Å². The van der Waals surface area contributed by atoms with E-state index in [1.54, 1.807) is 0 Å². The van der Waals surface area contributed by atoms with Gasteiger partial charge in [0.25, 0.3) is 0 Å². The molecule has 0 atom stereocenters. The van der Waals surface area contributed by atoms with Crippen molar-refractivity contribution >= 4 is 18.5 Å². The van der Waals surface area contributed by atoms with Gasteiger partial charge in [0.2, 0.25) is 0 Å². The summed E-state index contributed by atoms with van der Waals surface area (Å²) < 4.78 is 0. The normalized spacial score (nSPS) is 7.20. The van der Waals surface area contributed by atoms with E-state index in [-0.39, 0.29) is 0 Å². The van der Waals surface area contributed by atoms with E-state index in [0.29, 0.717) is 0 Å². The highest BCUT2D eigenvalue weighted by Gasteiger charge is 1.71. The molecule has 0 aliphatic heterocycles. The van der Waals surface area contributed by atoms with E-state index in [2.05, 4.69) is 41.5 Å².